The van der Waals surface area contributed by atoms with Crippen LogP contribution in [0.5, 0.6) is 0 Å². The molecule has 0 aromatic heterocycles. The van der Waals surface area contributed by atoms with E-state index < -0.39 is 5.41 Å². The lowest BCUT2D eigenvalue weighted by atomic mass is 9.72. The second-order valence-electron chi connectivity index (χ2n) is 9.23. The molecule has 0 aliphatic carbocycles. The number of carbonyl (C=O) groups is 1. The first-order valence-electron chi connectivity index (χ1n) is 12.0. The van der Waals surface area contributed by atoms with Crippen molar-refractivity contribution in [3.63, 3.8) is 0 Å². The maximum Gasteiger partial charge on any atom is 0.316 e. The number of rotatable bonds is 7. The molecular formula is C27H37N3O2. The Morgan fingerprint density at radius 3 is 2.09 bits per heavy atom. The molecule has 0 spiro atoms. The first-order chi connectivity index (χ1) is 15.6. The average Bonchev–Trinajstić information content (AvgIpc) is 2.85. The molecule has 0 bridgehead atoms. The number of piperidine rings is 1. The molecule has 2 heterocycles. The molecule has 5 nitrogen and oxygen atoms in total. The van der Waals surface area contributed by atoms with Gasteiger partial charge in [0.1, 0.15) is 0 Å². The molecule has 2 aromatic rings. The third kappa shape index (κ3) is 5.06. The maximum absolute atomic E-state index is 13.1. The Morgan fingerprint density at radius 1 is 0.906 bits per heavy atom. The van der Waals surface area contributed by atoms with E-state index in [9.17, 15) is 4.79 Å². The fraction of sp³-hybridized carbons (Fsp3) is 0.519. The minimum Gasteiger partial charge on any atom is -0.465 e. The topological polar surface area (TPSA) is 36.0 Å². The fourth-order valence-corrected chi connectivity index (χ4v) is 5.24. The van der Waals surface area contributed by atoms with Crippen LogP contribution in [0.3, 0.4) is 0 Å². The second-order valence-corrected chi connectivity index (χ2v) is 9.23. The number of hydrogen-bond donors (Lipinski definition) is 0. The zero-order valence-corrected chi connectivity index (χ0v) is 19.6. The highest BCUT2D eigenvalue weighted by Gasteiger charge is 2.44. The van der Waals surface area contributed by atoms with Crippen molar-refractivity contribution in [2.45, 2.75) is 31.2 Å². The van der Waals surface area contributed by atoms with Gasteiger partial charge >= 0.3 is 5.97 Å². The highest BCUT2D eigenvalue weighted by molar-refractivity contribution is 5.83. The Hall–Kier alpha value is -2.21. The van der Waals surface area contributed by atoms with Gasteiger partial charge in [-0.3, -0.25) is 9.69 Å². The van der Waals surface area contributed by atoms with E-state index in [0.29, 0.717) is 12.6 Å². The number of benzene rings is 2. The zero-order chi connectivity index (χ0) is 22.4. The quantitative estimate of drug-likeness (QED) is 0.622. The summed E-state index contributed by atoms with van der Waals surface area (Å²) in [7, 11) is 2.21. The van der Waals surface area contributed by atoms with Gasteiger partial charge in [-0.1, -0.05) is 60.7 Å². The van der Waals surface area contributed by atoms with Gasteiger partial charge in [0.05, 0.1) is 12.0 Å². The fourth-order valence-electron chi connectivity index (χ4n) is 5.24. The van der Waals surface area contributed by atoms with Gasteiger partial charge in [0.25, 0.3) is 0 Å². The number of carbonyl (C=O) groups excluding carboxylic acids is 1. The van der Waals surface area contributed by atoms with Crippen LogP contribution in [0.25, 0.3) is 0 Å². The summed E-state index contributed by atoms with van der Waals surface area (Å²) in [6, 6.07) is 21.6. The standard InChI is InChI=1S/C27H37N3O2/c1-3-32-26(31)27(24-12-8-5-9-13-24)14-16-29(17-15-27)22-25(23-10-6-4-7-11-23)30-20-18-28(2)19-21-30/h4-13,25H,3,14-22H2,1-2H3. The van der Waals surface area contributed by atoms with Gasteiger partial charge in [-0.15, -0.1) is 0 Å². The number of hydrogen-bond acceptors (Lipinski definition) is 5. The van der Waals surface area contributed by atoms with E-state index in [1.165, 1.54) is 5.56 Å². The van der Waals surface area contributed by atoms with Gasteiger partial charge in [-0.2, -0.15) is 0 Å². The largest absolute Gasteiger partial charge is 0.465 e. The first-order valence-corrected chi connectivity index (χ1v) is 12.0. The smallest absolute Gasteiger partial charge is 0.316 e. The molecule has 2 fully saturated rings. The normalized spacial score (nSPS) is 21.2. The Labute approximate surface area is 193 Å². The molecule has 0 amide bonds. The Balaban J connectivity index is 1.49. The lowest BCUT2D eigenvalue weighted by Gasteiger charge is -2.44. The molecule has 32 heavy (non-hydrogen) atoms. The van der Waals surface area contributed by atoms with Crippen LogP contribution in [0.2, 0.25) is 0 Å². The van der Waals surface area contributed by atoms with Gasteiger partial charge in [0.15, 0.2) is 0 Å². The summed E-state index contributed by atoms with van der Waals surface area (Å²) in [6.45, 7) is 9.56. The molecule has 2 aliphatic heterocycles. The molecule has 1 unspecified atom stereocenters. The summed E-state index contributed by atoms with van der Waals surface area (Å²) >= 11 is 0. The number of ether oxygens (including phenoxy) is 1. The van der Waals surface area contributed by atoms with E-state index in [4.69, 9.17) is 4.74 Å². The van der Waals surface area contributed by atoms with Gasteiger partial charge < -0.3 is 14.5 Å². The van der Waals surface area contributed by atoms with Crippen LogP contribution in [-0.4, -0.2) is 80.1 Å². The van der Waals surface area contributed by atoms with E-state index in [2.05, 4.69) is 64.2 Å². The number of nitrogens with zero attached hydrogens (tertiary/aromatic N) is 3. The summed E-state index contributed by atoms with van der Waals surface area (Å²) in [5.74, 6) is -0.0653. The number of likely N-dealkylation sites (N-methyl/N-ethyl adjacent to an activating group) is 1. The molecule has 1 atom stereocenters. The van der Waals surface area contributed by atoms with Gasteiger partial charge in [0, 0.05) is 38.8 Å². The average molecular weight is 436 g/mol. The zero-order valence-electron chi connectivity index (χ0n) is 19.6. The highest BCUT2D eigenvalue weighted by Crippen LogP contribution is 2.38. The molecule has 5 heteroatoms. The number of esters is 1. The van der Waals surface area contributed by atoms with Crippen molar-refractivity contribution in [1.29, 1.82) is 0 Å². The van der Waals surface area contributed by atoms with Gasteiger partial charge in [-0.25, -0.2) is 0 Å². The van der Waals surface area contributed by atoms with Crippen molar-refractivity contribution in [1.82, 2.24) is 14.7 Å². The summed E-state index contributed by atoms with van der Waals surface area (Å²) in [6.07, 6.45) is 1.61. The predicted molar refractivity (Wildman–Crippen MR) is 129 cm³/mol. The van der Waals surface area contributed by atoms with Crippen molar-refractivity contribution in [2.24, 2.45) is 0 Å². The van der Waals surface area contributed by atoms with E-state index in [1.807, 2.05) is 25.1 Å². The SMILES string of the molecule is CCOC(=O)C1(c2ccccc2)CCN(CC(c2ccccc2)N2CCN(C)CC2)CC1. The monoisotopic (exact) mass is 435 g/mol. The van der Waals surface area contributed by atoms with E-state index in [0.717, 1.165) is 64.2 Å². The van der Waals surface area contributed by atoms with Crippen LogP contribution < -0.4 is 0 Å². The molecule has 0 saturated carbocycles. The third-order valence-electron chi connectivity index (χ3n) is 7.30. The maximum atomic E-state index is 13.1. The van der Waals surface area contributed by atoms with E-state index in [-0.39, 0.29) is 5.97 Å². The second kappa shape index (κ2) is 10.6. The lowest BCUT2D eigenvalue weighted by molar-refractivity contribution is -0.152. The van der Waals surface area contributed by atoms with Crippen LogP contribution in [0.15, 0.2) is 60.7 Å². The molecule has 4 rings (SSSR count). The van der Waals surface area contributed by atoms with Crippen LogP contribution >= 0.6 is 0 Å². The number of piperazine rings is 1. The van der Waals surface area contributed by atoms with E-state index in [1.54, 1.807) is 0 Å². The summed E-state index contributed by atoms with van der Waals surface area (Å²) < 4.78 is 5.56. The minimum absolute atomic E-state index is 0.0653. The Kier molecular flexibility index (Phi) is 7.61. The van der Waals surface area contributed by atoms with Crippen molar-refractivity contribution >= 4 is 5.97 Å². The molecule has 0 radical (unpaired) electrons. The van der Waals surface area contributed by atoms with Crippen molar-refractivity contribution in [3.8, 4) is 0 Å². The Bertz CT molecular complexity index is 842. The first kappa shape index (κ1) is 23.0. The van der Waals surface area contributed by atoms with Crippen molar-refractivity contribution in [3.05, 3.63) is 71.8 Å². The van der Waals surface area contributed by atoms with Gasteiger partial charge in [0.2, 0.25) is 0 Å². The lowest BCUT2D eigenvalue weighted by Crippen LogP contribution is -2.52. The molecule has 2 aromatic carbocycles. The van der Waals surface area contributed by atoms with Crippen LogP contribution in [0.1, 0.15) is 36.9 Å². The van der Waals surface area contributed by atoms with Crippen LogP contribution in [-0.2, 0) is 14.9 Å². The van der Waals surface area contributed by atoms with E-state index >= 15 is 0 Å². The summed E-state index contributed by atoms with van der Waals surface area (Å²) in [4.78, 5) is 20.7. The molecule has 172 valence electrons. The van der Waals surface area contributed by atoms with Gasteiger partial charge in [-0.05, 0) is 51.0 Å². The minimum atomic E-state index is -0.524. The highest BCUT2D eigenvalue weighted by atomic mass is 16.5. The molecule has 2 aliphatic rings. The molecular weight excluding hydrogens is 398 g/mol. The van der Waals surface area contributed by atoms with Crippen LogP contribution in [0, 0.1) is 0 Å². The summed E-state index contributed by atoms with van der Waals surface area (Å²) in [5, 5.41) is 0. The van der Waals surface area contributed by atoms with Crippen molar-refractivity contribution in [2.75, 3.05) is 59.5 Å². The molecule has 2 saturated heterocycles. The third-order valence-corrected chi connectivity index (χ3v) is 7.30. The van der Waals surface area contributed by atoms with Crippen LogP contribution in [0.4, 0.5) is 0 Å². The Morgan fingerprint density at radius 2 is 1.50 bits per heavy atom. The summed E-state index contributed by atoms with van der Waals surface area (Å²) in [5.41, 5.74) is 1.96. The number of likely N-dealkylation sites (tertiary alicyclic amines) is 1. The predicted octanol–water partition coefficient (Wildman–Crippen LogP) is 3.57. The van der Waals surface area contributed by atoms with Crippen molar-refractivity contribution < 1.29 is 9.53 Å². The molecule has 0 N–H and O–H groups in total.